The van der Waals surface area contributed by atoms with Crippen molar-refractivity contribution in [2.24, 2.45) is 0 Å². The van der Waals surface area contributed by atoms with E-state index in [9.17, 15) is 4.79 Å². The van der Waals surface area contributed by atoms with Gasteiger partial charge in [-0.2, -0.15) is 0 Å². The Bertz CT molecular complexity index is 888. The van der Waals surface area contributed by atoms with Crippen LogP contribution in [0.15, 0.2) is 58.2 Å². The molecule has 1 aromatic heterocycles. The number of fused-ring (bicyclic) bond motifs is 1. The van der Waals surface area contributed by atoms with E-state index in [1.165, 1.54) is 0 Å². The van der Waals surface area contributed by atoms with Crippen molar-refractivity contribution in [3.05, 3.63) is 64.4 Å². The summed E-state index contributed by atoms with van der Waals surface area (Å²) in [4.78, 5) is 16.0. The number of thiol groups is 1. The third-order valence-corrected chi connectivity index (χ3v) is 4.54. The number of benzene rings is 2. The number of rotatable bonds is 1. The van der Waals surface area contributed by atoms with Gasteiger partial charge >= 0.3 is 0 Å². The summed E-state index contributed by atoms with van der Waals surface area (Å²) in [5.74, 6) is 0. The molecule has 0 bridgehead atoms. The minimum Gasteiger partial charge on any atom is -0.321 e. The maximum atomic E-state index is 12.1. The van der Waals surface area contributed by atoms with Crippen molar-refractivity contribution >= 4 is 23.4 Å². The van der Waals surface area contributed by atoms with E-state index in [0.29, 0.717) is 0 Å². The molecule has 1 aliphatic rings. The van der Waals surface area contributed by atoms with Crippen molar-refractivity contribution < 1.29 is 0 Å². The van der Waals surface area contributed by atoms with Crippen LogP contribution in [-0.2, 0) is 0 Å². The van der Waals surface area contributed by atoms with Crippen LogP contribution in [0.25, 0.3) is 22.0 Å². The van der Waals surface area contributed by atoms with Gasteiger partial charge in [-0.3, -0.25) is 4.79 Å². The van der Waals surface area contributed by atoms with Gasteiger partial charge in [0.15, 0.2) is 0 Å². The summed E-state index contributed by atoms with van der Waals surface area (Å²) in [5, 5.41) is 8.17. The van der Waals surface area contributed by atoms with Gasteiger partial charge in [0, 0.05) is 42.2 Å². The van der Waals surface area contributed by atoms with Crippen LogP contribution in [0.5, 0.6) is 0 Å². The number of H-pyrrole nitrogens is 1. The fraction of sp³-hybridized carbons (Fsp3) is 0.318. The summed E-state index contributed by atoms with van der Waals surface area (Å²) < 4.78 is 0. The first kappa shape index (κ1) is 21.2. The maximum Gasteiger partial charge on any atom is 0.256 e. The van der Waals surface area contributed by atoms with Gasteiger partial charge in [0.1, 0.15) is 0 Å². The number of pyridine rings is 1. The molecule has 0 aliphatic carbocycles. The van der Waals surface area contributed by atoms with Gasteiger partial charge in [0.25, 0.3) is 5.56 Å². The van der Waals surface area contributed by atoms with Crippen LogP contribution >= 0.6 is 12.6 Å². The molecule has 0 amide bonds. The highest BCUT2D eigenvalue weighted by atomic mass is 32.1. The molecule has 2 aromatic carbocycles. The zero-order valence-corrected chi connectivity index (χ0v) is 17.2. The highest BCUT2D eigenvalue weighted by Gasteiger charge is 2.05. The van der Waals surface area contributed by atoms with Crippen molar-refractivity contribution in [3.63, 3.8) is 0 Å². The second-order valence-corrected chi connectivity index (χ2v) is 6.61. The van der Waals surface area contributed by atoms with Crippen LogP contribution in [0.2, 0.25) is 0 Å². The van der Waals surface area contributed by atoms with Crippen LogP contribution in [0, 0.1) is 6.92 Å². The second-order valence-electron chi connectivity index (χ2n) is 6.10. The van der Waals surface area contributed by atoms with Crippen LogP contribution in [0.3, 0.4) is 0 Å². The Labute approximate surface area is 166 Å². The maximum absolute atomic E-state index is 12.1. The number of nitrogens with one attached hydrogen (secondary N) is 3. The predicted molar refractivity (Wildman–Crippen MR) is 119 cm³/mol. The third kappa shape index (κ3) is 5.96. The van der Waals surface area contributed by atoms with Crippen LogP contribution in [0.1, 0.15) is 19.4 Å². The minimum atomic E-state index is -0.0499. The summed E-state index contributed by atoms with van der Waals surface area (Å²) in [5.41, 5.74) is 2.88. The molecule has 27 heavy (non-hydrogen) atoms. The smallest absolute Gasteiger partial charge is 0.256 e. The molecule has 2 heterocycles. The Morgan fingerprint density at radius 1 is 0.852 bits per heavy atom. The highest BCUT2D eigenvalue weighted by molar-refractivity contribution is 7.80. The quantitative estimate of drug-likeness (QED) is 0.481. The average molecular weight is 384 g/mol. The number of hydrogen-bond donors (Lipinski definition) is 4. The van der Waals surface area contributed by atoms with Crippen molar-refractivity contribution in [1.29, 1.82) is 0 Å². The number of piperazine rings is 1. The van der Waals surface area contributed by atoms with Gasteiger partial charge in [-0.15, -0.1) is 12.6 Å². The van der Waals surface area contributed by atoms with Crippen LogP contribution in [-0.4, -0.2) is 31.2 Å². The van der Waals surface area contributed by atoms with E-state index in [4.69, 9.17) is 0 Å². The summed E-state index contributed by atoms with van der Waals surface area (Å²) in [6.07, 6.45) is 0. The van der Waals surface area contributed by atoms with E-state index in [2.05, 4.69) is 28.2 Å². The molecular weight excluding hydrogens is 354 g/mol. The van der Waals surface area contributed by atoms with Gasteiger partial charge in [0.05, 0.1) is 0 Å². The highest BCUT2D eigenvalue weighted by Crippen LogP contribution is 2.22. The lowest BCUT2D eigenvalue weighted by Crippen LogP contribution is -2.39. The zero-order valence-electron chi connectivity index (χ0n) is 16.3. The lowest BCUT2D eigenvalue weighted by atomic mass is 10.0. The largest absolute Gasteiger partial charge is 0.321 e. The summed E-state index contributed by atoms with van der Waals surface area (Å²) in [6, 6.07) is 15.5. The van der Waals surface area contributed by atoms with E-state index >= 15 is 0 Å². The Balaban J connectivity index is 0.000000275. The van der Waals surface area contributed by atoms with Crippen molar-refractivity contribution in [2.45, 2.75) is 25.7 Å². The number of aromatic nitrogens is 1. The SMILES string of the molecule is C1CNCCN1.CC.Cc1cccc2c(=O)[nH]c(-c3ccc(S)cc3)cc12. The van der Waals surface area contributed by atoms with Crippen LogP contribution in [0.4, 0.5) is 0 Å². The molecule has 1 fully saturated rings. The lowest BCUT2D eigenvalue weighted by Gasteiger charge is -2.11. The monoisotopic (exact) mass is 383 g/mol. The third-order valence-electron chi connectivity index (χ3n) is 4.24. The molecule has 0 radical (unpaired) electrons. The molecular formula is C22H29N3OS. The Morgan fingerprint density at radius 2 is 1.44 bits per heavy atom. The van der Waals surface area contributed by atoms with Crippen molar-refractivity contribution in [1.82, 2.24) is 15.6 Å². The molecule has 0 spiro atoms. The summed E-state index contributed by atoms with van der Waals surface area (Å²) >= 11 is 4.27. The Kier molecular flexibility index (Phi) is 8.58. The standard InChI is InChI=1S/C16H13NOS.C4H10N2.C2H6/c1-10-3-2-4-13-14(10)9-15(17-16(13)18)11-5-7-12(19)8-6-11;1-2-6-4-3-5-1;1-2/h2-9,19H,1H3,(H,17,18);5-6H,1-4H2;1-2H3. The topological polar surface area (TPSA) is 56.9 Å². The molecule has 3 aromatic rings. The fourth-order valence-electron chi connectivity index (χ4n) is 2.84. The minimum absolute atomic E-state index is 0.0499. The predicted octanol–water partition coefficient (Wildman–Crippen LogP) is 4.00. The van der Waals surface area contributed by atoms with Gasteiger partial charge < -0.3 is 15.6 Å². The molecule has 4 nitrogen and oxygen atoms in total. The first-order valence-electron chi connectivity index (χ1n) is 9.48. The molecule has 4 rings (SSSR count). The molecule has 144 valence electrons. The van der Waals surface area contributed by atoms with Gasteiger partial charge in [0.2, 0.25) is 0 Å². The van der Waals surface area contributed by atoms with E-state index in [1.807, 2.05) is 69.3 Å². The second kappa shape index (κ2) is 10.9. The van der Waals surface area contributed by atoms with Gasteiger partial charge in [-0.05, 0) is 47.7 Å². The van der Waals surface area contributed by atoms with E-state index in [0.717, 1.165) is 58.7 Å². The first-order chi connectivity index (χ1) is 13.1. The Morgan fingerprint density at radius 3 is 2.00 bits per heavy atom. The molecule has 0 saturated carbocycles. The van der Waals surface area contributed by atoms with E-state index in [-0.39, 0.29) is 5.56 Å². The van der Waals surface area contributed by atoms with E-state index in [1.54, 1.807) is 0 Å². The summed E-state index contributed by atoms with van der Waals surface area (Å²) in [6.45, 7) is 10.6. The van der Waals surface area contributed by atoms with Crippen molar-refractivity contribution in [2.75, 3.05) is 26.2 Å². The molecule has 0 unspecified atom stereocenters. The van der Waals surface area contributed by atoms with E-state index < -0.39 is 0 Å². The number of aryl methyl sites for hydroxylation is 1. The number of aromatic amines is 1. The molecule has 5 heteroatoms. The fourth-order valence-corrected chi connectivity index (χ4v) is 2.99. The average Bonchev–Trinajstić information content (AvgIpc) is 2.72. The molecule has 1 saturated heterocycles. The zero-order chi connectivity index (χ0) is 19.6. The first-order valence-corrected chi connectivity index (χ1v) is 9.93. The lowest BCUT2D eigenvalue weighted by molar-refractivity contribution is 0.534. The van der Waals surface area contributed by atoms with Gasteiger partial charge in [-0.25, -0.2) is 0 Å². The molecule has 1 aliphatic heterocycles. The summed E-state index contributed by atoms with van der Waals surface area (Å²) in [7, 11) is 0. The normalized spacial score (nSPS) is 13.2. The molecule has 0 atom stereocenters. The Hall–Kier alpha value is -2.08. The number of hydrogen-bond acceptors (Lipinski definition) is 4. The van der Waals surface area contributed by atoms with Crippen molar-refractivity contribution in [3.8, 4) is 11.3 Å². The molecule has 3 N–H and O–H groups in total. The van der Waals surface area contributed by atoms with Gasteiger partial charge in [-0.1, -0.05) is 38.1 Å². The van der Waals surface area contributed by atoms with Crippen LogP contribution < -0.4 is 16.2 Å².